The highest BCUT2D eigenvalue weighted by molar-refractivity contribution is 7.99. The second kappa shape index (κ2) is 5.86. The van der Waals surface area contributed by atoms with Crippen LogP contribution in [0.5, 0.6) is 0 Å². The molecule has 1 rings (SSSR count). The average molecular weight is 250 g/mol. The van der Waals surface area contributed by atoms with Crippen LogP contribution in [-0.4, -0.2) is 11.8 Å². The zero-order valence-electron chi connectivity index (χ0n) is 7.97. The predicted octanol–water partition coefficient (Wildman–Crippen LogP) is 3.57. The Morgan fingerprint density at radius 1 is 1.43 bits per heavy atom. The maximum Gasteiger partial charge on any atom is 0.0461 e. The van der Waals surface area contributed by atoms with Crippen molar-refractivity contribution in [3.05, 3.63) is 33.8 Å². The van der Waals surface area contributed by atoms with Gasteiger partial charge in [-0.1, -0.05) is 36.2 Å². The van der Waals surface area contributed by atoms with Gasteiger partial charge in [0, 0.05) is 27.6 Å². The van der Waals surface area contributed by atoms with E-state index in [-0.39, 0.29) is 0 Å². The van der Waals surface area contributed by atoms with E-state index < -0.39 is 0 Å². The highest BCUT2D eigenvalue weighted by atomic mass is 35.5. The summed E-state index contributed by atoms with van der Waals surface area (Å²) in [6.45, 7) is 2.80. The molecule has 1 aromatic rings. The van der Waals surface area contributed by atoms with E-state index in [2.05, 4.69) is 6.92 Å². The smallest absolute Gasteiger partial charge is 0.0461 e. The molecule has 0 amide bonds. The molecule has 0 bridgehead atoms. The summed E-state index contributed by atoms with van der Waals surface area (Å²) >= 11 is 13.6. The first-order chi connectivity index (χ1) is 6.63. The molecule has 0 spiro atoms. The summed E-state index contributed by atoms with van der Waals surface area (Å²) < 4.78 is 0. The Labute approximate surface area is 99.0 Å². The number of benzene rings is 1. The minimum atomic E-state index is 0.460. The van der Waals surface area contributed by atoms with Gasteiger partial charge in [0.05, 0.1) is 0 Å². The Bertz CT molecular complexity index is 304. The van der Waals surface area contributed by atoms with Crippen molar-refractivity contribution in [1.82, 2.24) is 0 Å². The maximum absolute atomic E-state index is 6.03. The van der Waals surface area contributed by atoms with Gasteiger partial charge in [-0.2, -0.15) is 11.8 Å². The zero-order chi connectivity index (χ0) is 10.6. The van der Waals surface area contributed by atoms with Gasteiger partial charge in [-0.25, -0.2) is 0 Å². The SMILES string of the molecule is CC(CN)SCc1ccc(Cl)cc1Cl. The molecule has 0 aromatic heterocycles. The van der Waals surface area contributed by atoms with E-state index in [1.807, 2.05) is 12.1 Å². The summed E-state index contributed by atoms with van der Waals surface area (Å²) in [5, 5.41) is 1.87. The van der Waals surface area contributed by atoms with Gasteiger partial charge >= 0.3 is 0 Å². The van der Waals surface area contributed by atoms with E-state index in [9.17, 15) is 0 Å². The number of hydrogen-bond donors (Lipinski definition) is 1. The standard InChI is InChI=1S/C10H13Cl2NS/c1-7(5-13)14-6-8-2-3-9(11)4-10(8)12/h2-4,7H,5-6,13H2,1H3. The summed E-state index contributed by atoms with van der Waals surface area (Å²) in [7, 11) is 0. The minimum Gasteiger partial charge on any atom is -0.329 e. The van der Waals surface area contributed by atoms with Crippen molar-refractivity contribution < 1.29 is 0 Å². The third kappa shape index (κ3) is 3.70. The molecule has 0 saturated heterocycles. The van der Waals surface area contributed by atoms with Crippen LogP contribution < -0.4 is 5.73 Å². The molecule has 0 fully saturated rings. The molecule has 4 heteroatoms. The van der Waals surface area contributed by atoms with Crippen LogP contribution in [0.25, 0.3) is 0 Å². The van der Waals surface area contributed by atoms with Crippen LogP contribution in [0.3, 0.4) is 0 Å². The van der Waals surface area contributed by atoms with Crippen molar-refractivity contribution in [3.8, 4) is 0 Å². The predicted molar refractivity (Wildman–Crippen MR) is 66.3 cm³/mol. The number of nitrogens with two attached hydrogens (primary N) is 1. The lowest BCUT2D eigenvalue weighted by Crippen LogP contribution is -2.12. The van der Waals surface area contributed by atoms with Gasteiger partial charge in [0.1, 0.15) is 0 Å². The molecule has 1 atom stereocenters. The molecule has 0 aliphatic heterocycles. The molecule has 0 saturated carbocycles. The van der Waals surface area contributed by atoms with Gasteiger partial charge in [0.2, 0.25) is 0 Å². The molecule has 0 heterocycles. The van der Waals surface area contributed by atoms with E-state index in [0.29, 0.717) is 16.8 Å². The molecule has 1 nitrogen and oxygen atoms in total. The van der Waals surface area contributed by atoms with E-state index in [1.54, 1.807) is 17.8 Å². The lowest BCUT2D eigenvalue weighted by molar-refractivity contribution is 0.951. The van der Waals surface area contributed by atoms with Gasteiger partial charge in [0.25, 0.3) is 0 Å². The molecule has 0 aliphatic rings. The molecular weight excluding hydrogens is 237 g/mol. The molecular formula is C10H13Cl2NS. The topological polar surface area (TPSA) is 26.0 Å². The molecule has 2 N–H and O–H groups in total. The van der Waals surface area contributed by atoms with E-state index in [4.69, 9.17) is 28.9 Å². The van der Waals surface area contributed by atoms with Gasteiger partial charge in [0.15, 0.2) is 0 Å². The second-order valence-corrected chi connectivity index (χ2v) is 5.36. The Morgan fingerprint density at radius 3 is 2.71 bits per heavy atom. The zero-order valence-corrected chi connectivity index (χ0v) is 10.3. The second-order valence-electron chi connectivity index (χ2n) is 3.09. The maximum atomic E-state index is 6.03. The van der Waals surface area contributed by atoms with E-state index in [1.165, 1.54) is 0 Å². The van der Waals surface area contributed by atoms with Crippen LogP contribution in [0, 0.1) is 0 Å². The molecule has 0 aliphatic carbocycles. The molecule has 0 radical (unpaired) electrons. The van der Waals surface area contributed by atoms with Crippen molar-refractivity contribution in [3.63, 3.8) is 0 Å². The van der Waals surface area contributed by atoms with Crippen LogP contribution in [-0.2, 0) is 5.75 Å². The summed E-state index contributed by atoms with van der Waals surface area (Å²) in [5.74, 6) is 0.883. The number of halogens is 2. The summed E-state index contributed by atoms with van der Waals surface area (Å²) in [6, 6.07) is 5.59. The Morgan fingerprint density at radius 2 is 2.14 bits per heavy atom. The van der Waals surface area contributed by atoms with Crippen molar-refractivity contribution in [1.29, 1.82) is 0 Å². The van der Waals surface area contributed by atoms with Gasteiger partial charge in [-0.3, -0.25) is 0 Å². The van der Waals surface area contributed by atoms with Crippen molar-refractivity contribution in [2.75, 3.05) is 6.54 Å². The number of hydrogen-bond acceptors (Lipinski definition) is 2. The lowest BCUT2D eigenvalue weighted by atomic mass is 10.2. The van der Waals surface area contributed by atoms with Crippen LogP contribution >= 0.6 is 35.0 Å². The molecule has 14 heavy (non-hydrogen) atoms. The number of thioether (sulfide) groups is 1. The summed E-state index contributed by atoms with van der Waals surface area (Å²) in [4.78, 5) is 0. The monoisotopic (exact) mass is 249 g/mol. The lowest BCUT2D eigenvalue weighted by Gasteiger charge is -2.09. The van der Waals surface area contributed by atoms with Gasteiger partial charge < -0.3 is 5.73 Å². The first-order valence-electron chi connectivity index (χ1n) is 4.39. The fraction of sp³-hybridized carbons (Fsp3) is 0.400. The number of rotatable bonds is 4. The van der Waals surface area contributed by atoms with E-state index >= 15 is 0 Å². The van der Waals surface area contributed by atoms with Crippen LogP contribution in [0.15, 0.2) is 18.2 Å². The summed E-state index contributed by atoms with van der Waals surface area (Å²) in [5.41, 5.74) is 6.64. The van der Waals surface area contributed by atoms with Crippen LogP contribution in [0.4, 0.5) is 0 Å². The highest BCUT2D eigenvalue weighted by Gasteiger charge is 2.04. The molecule has 1 aromatic carbocycles. The third-order valence-electron chi connectivity index (χ3n) is 1.87. The quantitative estimate of drug-likeness (QED) is 0.883. The normalized spacial score (nSPS) is 12.9. The molecule has 1 unspecified atom stereocenters. The Hall–Kier alpha value is 0.110. The minimum absolute atomic E-state index is 0.460. The fourth-order valence-corrected chi connectivity index (χ4v) is 2.35. The van der Waals surface area contributed by atoms with Crippen molar-refractivity contribution in [2.45, 2.75) is 17.9 Å². The third-order valence-corrected chi connectivity index (χ3v) is 3.70. The highest BCUT2D eigenvalue weighted by Crippen LogP contribution is 2.26. The van der Waals surface area contributed by atoms with Crippen LogP contribution in [0.2, 0.25) is 10.0 Å². The van der Waals surface area contributed by atoms with Crippen LogP contribution in [0.1, 0.15) is 12.5 Å². The Kier molecular flexibility index (Phi) is 5.10. The van der Waals surface area contributed by atoms with Crippen molar-refractivity contribution >= 4 is 35.0 Å². The molecule has 78 valence electrons. The fourth-order valence-electron chi connectivity index (χ4n) is 0.939. The van der Waals surface area contributed by atoms with Gasteiger partial charge in [-0.05, 0) is 17.7 Å². The van der Waals surface area contributed by atoms with Gasteiger partial charge in [-0.15, -0.1) is 0 Å². The summed E-state index contributed by atoms with van der Waals surface area (Å²) in [6.07, 6.45) is 0. The average Bonchev–Trinajstić information content (AvgIpc) is 2.16. The first kappa shape index (κ1) is 12.2. The van der Waals surface area contributed by atoms with Crippen molar-refractivity contribution in [2.24, 2.45) is 5.73 Å². The first-order valence-corrected chi connectivity index (χ1v) is 6.19. The van der Waals surface area contributed by atoms with E-state index in [0.717, 1.165) is 16.3 Å². The largest absolute Gasteiger partial charge is 0.329 e. The Balaban J connectivity index is 2.59.